The molecule has 0 spiro atoms. The van der Waals surface area contributed by atoms with Crippen molar-refractivity contribution < 1.29 is 9.15 Å². The Morgan fingerprint density at radius 3 is 2.38 bits per heavy atom. The summed E-state index contributed by atoms with van der Waals surface area (Å²) in [5.41, 5.74) is 3.08. The van der Waals surface area contributed by atoms with Crippen molar-refractivity contribution in [2.45, 2.75) is 6.92 Å². The molecule has 1 aromatic heterocycles. The number of rotatable bonds is 5. The van der Waals surface area contributed by atoms with Crippen LogP contribution in [0.2, 0.25) is 0 Å². The standard InChI is InChI=1S/C23H19NO2/c1-17-14-15-23(25-17)24-19-9-7-8-18(16-19)21-12-5-6-13-22(21)26-20-10-3-2-4-11-20/h2-16,24H,1H3. The van der Waals surface area contributed by atoms with Crippen molar-refractivity contribution in [1.29, 1.82) is 0 Å². The Hall–Kier alpha value is -3.46. The largest absolute Gasteiger partial charge is 0.457 e. The van der Waals surface area contributed by atoms with Crippen LogP contribution in [0.4, 0.5) is 11.6 Å². The van der Waals surface area contributed by atoms with E-state index in [9.17, 15) is 0 Å². The predicted molar refractivity (Wildman–Crippen MR) is 105 cm³/mol. The molecule has 0 fully saturated rings. The van der Waals surface area contributed by atoms with Crippen molar-refractivity contribution in [3.63, 3.8) is 0 Å². The van der Waals surface area contributed by atoms with Gasteiger partial charge in [-0.2, -0.15) is 0 Å². The van der Waals surface area contributed by atoms with Crippen LogP contribution in [-0.2, 0) is 0 Å². The molecular weight excluding hydrogens is 322 g/mol. The maximum Gasteiger partial charge on any atom is 0.197 e. The molecule has 128 valence electrons. The third-order valence-electron chi connectivity index (χ3n) is 4.04. The molecule has 26 heavy (non-hydrogen) atoms. The molecular formula is C23H19NO2. The van der Waals surface area contributed by atoms with E-state index in [0.717, 1.165) is 40.0 Å². The van der Waals surface area contributed by atoms with Crippen molar-refractivity contribution in [3.05, 3.63) is 96.8 Å². The van der Waals surface area contributed by atoms with E-state index >= 15 is 0 Å². The van der Waals surface area contributed by atoms with E-state index in [4.69, 9.17) is 9.15 Å². The highest BCUT2D eigenvalue weighted by molar-refractivity contribution is 5.74. The van der Waals surface area contributed by atoms with Gasteiger partial charge in [-0.25, -0.2) is 0 Å². The molecule has 0 unspecified atom stereocenters. The number of nitrogens with one attached hydrogen (secondary N) is 1. The van der Waals surface area contributed by atoms with Gasteiger partial charge < -0.3 is 14.5 Å². The van der Waals surface area contributed by atoms with Crippen LogP contribution in [0.1, 0.15) is 5.76 Å². The van der Waals surface area contributed by atoms with Gasteiger partial charge >= 0.3 is 0 Å². The number of para-hydroxylation sites is 2. The third-order valence-corrected chi connectivity index (χ3v) is 4.04. The molecule has 0 aliphatic rings. The molecule has 4 aromatic rings. The van der Waals surface area contributed by atoms with Crippen LogP contribution in [0.3, 0.4) is 0 Å². The lowest BCUT2D eigenvalue weighted by atomic mass is 10.0. The monoisotopic (exact) mass is 341 g/mol. The van der Waals surface area contributed by atoms with Crippen LogP contribution in [-0.4, -0.2) is 0 Å². The molecule has 1 heterocycles. The Labute approximate surface area is 152 Å². The second-order valence-electron chi connectivity index (χ2n) is 6.03. The summed E-state index contributed by atoms with van der Waals surface area (Å²) in [5, 5.41) is 3.30. The molecule has 0 radical (unpaired) electrons. The summed E-state index contributed by atoms with van der Waals surface area (Å²) in [6.45, 7) is 1.93. The molecule has 0 saturated carbocycles. The quantitative estimate of drug-likeness (QED) is 0.434. The first-order valence-electron chi connectivity index (χ1n) is 8.54. The van der Waals surface area contributed by atoms with Crippen LogP contribution in [0.25, 0.3) is 11.1 Å². The van der Waals surface area contributed by atoms with Gasteiger partial charge in [0.05, 0.1) is 0 Å². The van der Waals surface area contributed by atoms with Gasteiger partial charge in [-0.15, -0.1) is 0 Å². The summed E-state index contributed by atoms with van der Waals surface area (Å²) in [6.07, 6.45) is 0. The van der Waals surface area contributed by atoms with Gasteiger partial charge in [-0.05, 0) is 48.9 Å². The Balaban J connectivity index is 1.64. The molecule has 0 amide bonds. The molecule has 3 aromatic carbocycles. The number of anilines is 2. The summed E-state index contributed by atoms with van der Waals surface area (Å²) < 4.78 is 11.7. The van der Waals surface area contributed by atoms with Gasteiger partial charge in [-0.3, -0.25) is 0 Å². The summed E-state index contributed by atoms with van der Waals surface area (Å²) in [5.74, 6) is 3.25. The molecule has 0 saturated heterocycles. The lowest BCUT2D eigenvalue weighted by Crippen LogP contribution is -1.91. The molecule has 0 aliphatic carbocycles. The fourth-order valence-electron chi connectivity index (χ4n) is 2.82. The van der Waals surface area contributed by atoms with Crippen molar-refractivity contribution in [1.82, 2.24) is 0 Å². The Bertz CT molecular complexity index is 1010. The van der Waals surface area contributed by atoms with Crippen LogP contribution < -0.4 is 10.1 Å². The Kier molecular flexibility index (Phi) is 4.44. The summed E-state index contributed by atoms with van der Waals surface area (Å²) in [7, 11) is 0. The minimum Gasteiger partial charge on any atom is -0.457 e. The van der Waals surface area contributed by atoms with Crippen molar-refractivity contribution >= 4 is 11.6 Å². The van der Waals surface area contributed by atoms with Gasteiger partial charge in [0.25, 0.3) is 0 Å². The first kappa shape index (κ1) is 16.0. The normalized spacial score (nSPS) is 10.5. The highest BCUT2D eigenvalue weighted by Crippen LogP contribution is 2.34. The average Bonchev–Trinajstić information content (AvgIpc) is 3.08. The zero-order valence-corrected chi connectivity index (χ0v) is 14.5. The highest BCUT2D eigenvalue weighted by Gasteiger charge is 2.08. The van der Waals surface area contributed by atoms with E-state index in [2.05, 4.69) is 23.5 Å². The number of furan rings is 1. The van der Waals surface area contributed by atoms with E-state index in [1.807, 2.05) is 79.7 Å². The number of benzene rings is 3. The van der Waals surface area contributed by atoms with Gasteiger partial charge in [0.15, 0.2) is 5.88 Å². The fraction of sp³-hybridized carbons (Fsp3) is 0.0435. The van der Waals surface area contributed by atoms with E-state index < -0.39 is 0 Å². The van der Waals surface area contributed by atoms with E-state index in [-0.39, 0.29) is 0 Å². The topological polar surface area (TPSA) is 34.4 Å². The second kappa shape index (κ2) is 7.19. The summed E-state index contributed by atoms with van der Waals surface area (Å²) in [6, 6.07) is 29.9. The molecule has 3 heteroatoms. The fourth-order valence-corrected chi connectivity index (χ4v) is 2.82. The molecule has 1 N–H and O–H groups in total. The Morgan fingerprint density at radius 1 is 0.769 bits per heavy atom. The predicted octanol–water partition coefficient (Wildman–Crippen LogP) is 6.79. The Morgan fingerprint density at radius 2 is 1.58 bits per heavy atom. The molecule has 0 aliphatic heterocycles. The molecule has 0 bridgehead atoms. The number of ether oxygens (including phenoxy) is 1. The first-order chi connectivity index (χ1) is 12.8. The smallest absolute Gasteiger partial charge is 0.197 e. The maximum absolute atomic E-state index is 6.09. The van der Waals surface area contributed by atoms with Crippen LogP contribution in [0.15, 0.2) is 95.4 Å². The first-order valence-corrected chi connectivity index (χ1v) is 8.54. The number of aryl methyl sites for hydroxylation is 1. The summed E-state index contributed by atoms with van der Waals surface area (Å²) in [4.78, 5) is 0. The lowest BCUT2D eigenvalue weighted by Gasteiger charge is -2.12. The van der Waals surface area contributed by atoms with E-state index in [0.29, 0.717) is 0 Å². The lowest BCUT2D eigenvalue weighted by molar-refractivity contribution is 0.484. The van der Waals surface area contributed by atoms with Crippen LogP contribution >= 0.6 is 0 Å². The van der Waals surface area contributed by atoms with Crippen molar-refractivity contribution in [2.75, 3.05) is 5.32 Å². The second-order valence-corrected chi connectivity index (χ2v) is 6.03. The maximum atomic E-state index is 6.09. The van der Waals surface area contributed by atoms with Crippen molar-refractivity contribution in [2.24, 2.45) is 0 Å². The minimum absolute atomic E-state index is 0.730. The van der Waals surface area contributed by atoms with Crippen LogP contribution in [0, 0.1) is 6.92 Å². The van der Waals surface area contributed by atoms with E-state index in [1.165, 1.54) is 0 Å². The highest BCUT2D eigenvalue weighted by atomic mass is 16.5. The summed E-state index contributed by atoms with van der Waals surface area (Å²) >= 11 is 0. The van der Waals surface area contributed by atoms with Crippen LogP contribution in [0.5, 0.6) is 11.5 Å². The zero-order chi connectivity index (χ0) is 17.8. The van der Waals surface area contributed by atoms with E-state index in [1.54, 1.807) is 0 Å². The molecule has 4 rings (SSSR count). The number of hydrogen-bond acceptors (Lipinski definition) is 3. The average molecular weight is 341 g/mol. The van der Waals surface area contributed by atoms with Crippen molar-refractivity contribution in [3.8, 4) is 22.6 Å². The third kappa shape index (κ3) is 3.62. The van der Waals surface area contributed by atoms with Gasteiger partial charge in [-0.1, -0.05) is 48.5 Å². The number of hydrogen-bond donors (Lipinski definition) is 1. The minimum atomic E-state index is 0.730. The SMILES string of the molecule is Cc1ccc(Nc2cccc(-c3ccccc3Oc3ccccc3)c2)o1. The van der Waals surface area contributed by atoms with Gasteiger partial charge in [0.2, 0.25) is 0 Å². The zero-order valence-electron chi connectivity index (χ0n) is 14.5. The van der Waals surface area contributed by atoms with Gasteiger partial charge in [0.1, 0.15) is 17.3 Å². The molecule has 0 atom stereocenters. The molecule has 3 nitrogen and oxygen atoms in total. The van der Waals surface area contributed by atoms with Gasteiger partial charge in [0, 0.05) is 17.3 Å².